The molecule has 0 bridgehead atoms. The first-order chi connectivity index (χ1) is 14.1. The fourth-order valence-corrected chi connectivity index (χ4v) is 4.85. The van der Waals surface area contributed by atoms with E-state index in [9.17, 15) is 4.79 Å². The third-order valence-corrected chi connectivity index (χ3v) is 6.44. The molecule has 29 heavy (non-hydrogen) atoms. The van der Waals surface area contributed by atoms with E-state index in [0.29, 0.717) is 17.8 Å². The van der Waals surface area contributed by atoms with E-state index >= 15 is 0 Å². The summed E-state index contributed by atoms with van der Waals surface area (Å²) in [7, 11) is 1.69. The molecule has 8 heteroatoms. The summed E-state index contributed by atoms with van der Waals surface area (Å²) >= 11 is 1.51. The Morgan fingerprint density at radius 3 is 3.00 bits per heavy atom. The van der Waals surface area contributed by atoms with Crippen LogP contribution in [-0.4, -0.2) is 50.5 Å². The number of methoxy groups -OCH3 is 1. The molecule has 1 amide bonds. The van der Waals surface area contributed by atoms with Crippen LogP contribution in [0.3, 0.4) is 0 Å². The average Bonchev–Trinajstić information content (AvgIpc) is 3.46. The van der Waals surface area contributed by atoms with E-state index in [1.165, 1.54) is 11.3 Å². The van der Waals surface area contributed by atoms with Gasteiger partial charge in [0, 0.05) is 38.0 Å². The van der Waals surface area contributed by atoms with Crippen molar-refractivity contribution in [2.75, 3.05) is 13.7 Å². The topological polar surface area (TPSA) is 84.0 Å². The standard InChI is InChI=1S/C21H25N5O2S/c1-4-6-18-24-13(2)19(29-18)21(27)26-12-15(28-3)9-17(26)20-23-11-16(25-20)14-7-5-8-22-10-14/h5,7-8,10-11,15,17H,4,6,9,12H2,1-3H3,(H,23,25)/t15-,17+/m1/s1. The predicted molar refractivity (Wildman–Crippen MR) is 112 cm³/mol. The van der Waals surface area contributed by atoms with Gasteiger partial charge < -0.3 is 14.6 Å². The molecule has 0 unspecified atom stereocenters. The van der Waals surface area contributed by atoms with Crippen molar-refractivity contribution >= 4 is 17.2 Å². The van der Waals surface area contributed by atoms with Gasteiger partial charge in [-0.15, -0.1) is 11.3 Å². The minimum absolute atomic E-state index is 0.00577. The lowest BCUT2D eigenvalue weighted by Crippen LogP contribution is -2.32. The van der Waals surface area contributed by atoms with E-state index in [1.54, 1.807) is 25.7 Å². The first kappa shape index (κ1) is 19.7. The minimum atomic E-state index is -0.158. The van der Waals surface area contributed by atoms with Crippen LogP contribution < -0.4 is 0 Å². The fraction of sp³-hybridized carbons (Fsp3) is 0.429. The molecule has 4 heterocycles. The van der Waals surface area contributed by atoms with E-state index < -0.39 is 0 Å². The van der Waals surface area contributed by atoms with Crippen molar-refractivity contribution in [1.29, 1.82) is 0 Å². The maximum absolute atomic E-state index is 13.4. The van der Waals surface area contributed by atoms with Crippen molar-refractivity contribution in [3.05, 3.63) is 52.1 Å². The molecule has 4 rings (SSSR count). The summed E-state index contributed by atoms with van der Waals surface area (Å²) in [5.74, 6) is 0.777. The highest BCUT2D eigenvalue weighted by Gasteiger charge is 2.39. The maximum atomic E-state index is 13.4. The van der Waals surface area contributed by atoms with Gasteiger partial charge in [-0.25, -0.2) is 9.97 Å². The van der Waals surface area contributed by atoms with Crippen molar-refractivity contribution in [3.8, 4) is 11.3 Å². The van der Waals surface area contributed by atoms with Gasteiger partial charge in [-0.2, -0.15) is 0 Å². The number of thiazole rings is 1. The molecule has 3 aromatic rings. The second-order valence-electron chi connectivity index (χ2n) is 7.26. The molecule has 1 fully saturated rings. The van der Waals surface area contributed by atoms with Gasteiger partial charge in [0.25, 0.3) is 5.91 Å². The third-order valence-electron chi connectivity index (χ3n) is 5.24. The summed E-state index contributed by atoms with van der Waals surface area (Å²) in [4.78, 5) is 32.7. The van der Waals surface area contributed by atoms with Crippen LogP contribution >= 0.6 is 11.3 Å². The average molecular weight is 412 g/mol. The van der Waals surface area contributed by atoms with Gasteiger partial charge in [0.15, 0.2) is 0 Å². The first-order valence-corrected chi connectivity index (χ1v) is 10.7. The predicted octanol–water partition coefficient (Wildman–Crippen LogP) is 3.79. The summed E-state index contributed by atoms with van der Waals surface area (Å²) in [6.07, 6.45) is 7.94. The Morgan fingerprint density at radius 1 is 1.41 bits per heavy atom. The molecule has 3 aromatic heterocycles. The third kappa shape index (κ3) is 3.95. The Bertz CT molecular complexity index is 984. The van der Waals surface area contributed by atoms with Crippen LogP contribution in [-0.2, 0) is 11.2 Å². The van der Waals surface area contributed by atoms with Crippen molar-refractivity contribution in [2.24, 2.45) is 0 Å². The number of aromatic amines is 1. The molecule has 0 aliphatic carbocycles. The Morgan fingerprint density at radius 2 is 2.28 bits per heavy atom. The second-order valence-corrected chi connectivity index (χ2v) is 8.35. The van der Waals surface area contributed by atoms with E-state index in [1.807, 2.05) is 24.0 Å². The zero-order valence-electron chi connectivity index (χ0n) is 16.9. The van der Waals surface area contributed by atoms with Crippen molar-refractivity contribution < 1.29 is 9.53 Å². The molecule has 0 radical (unpaired) electrons. The summed E-state index contributed by atoms with van der Waals surface area (Å²) in [5.41, 5.74) is 2.66. The van der Waals surface area contributed by atoms with Gasteiger partial charge in [0.2, 0.25) is 0 Å². The number of hydrogen-bond donors (Lipinski definition) is 1. The largest absolute Gasteiger partial charge is 0.380 e. The Kier molecular flexibility index (Phi) is 5.73. The van der Waals surface area contributed by atoms with Crippen LogP contribution in [0.5, 0.6) is 0 Å². The molecular weight excluding hydrogens is 386 g/mol. The van der Waals surface area contributed by atoms with E-state index in [0.717, 1.165) is 40.6 Å². The Balaban J connectivity index is 1.62. The van der Waals surface area contributed by atoms with E-state index in [4.69, 9.17) is 4.74 Å². The molecule has 0 spiro atoms. The number of nitrogens with one attached hydrogen (secondary N) is 1. The molecular formula is C21H25N5O2S. The lowest BCUT2D eigenvalue weighted by molar-refractivity contribution is 0.0688. The van der Waals surface area contributed by atoms with Crippen LogP contribution in [0.1, 0.15) is 52.0 Å². The molecule has 1 saturated heterocycles. The Labute approximate surface area is 174 Å². The second kappa shape index (κ2) is 8.42. The number of aryl methyl sites for hydroxylation is 2. The highest BCUT2D eigenvalue weighted by molar-refractivity contribution is 7.13. The molecule has 1 aliphatic rings. The van der Waals surface area contributed by atoms with Crippen LogP contribution in [0.25, 0.3) is 11.3 Å². The first-order valence-electron chi connectivity index (χ1n) is 9.86. The summed E-state index contributed by atoms with van der Waals surface area (Å²) in [6, 6.07) is 3.72. The molecule has 152 valence electrons. The van der Waals surface area contributed by atoms with Gasteiger partial charge in [0.05, 0.1) is 34.7 Å². The number of rotatable bonds is 6. The molecule has 1 aliphatic heterocycles. The van der Waals surface area contributed by atoms with E-state index in [2.05, 4.69) is 26.9 Å². The number of pyridine rings is 1. The smallest absolute Gasteiger partial charge is 0.266 e. The highest BCUT2D eigenvalue weighted by atomic mass is 32.1. The number of aromatic nitrogens is 4. The van der Waals surface area contributed by atoms with Crippen LogP contribution in [0, 0.1) is 6.92 Å². The van der Waals surface area contributed by atoms with Gasteiger partial charge in [-0.1, -0.05) is 6.92 Å². The van der Waals surface area contributed by atoms with Crippen molar-refractivity contribution in [2.45, 2.75) is 45.3 Å². The quantitative estimate of drug-likeness (QED) is 0.667. The van der Waals surface area contributed by atoms with E-state index in [-0.39, 0.29) is 18.1 Å². The minimum Gasteiger partial charge on any atom is -0.380 e. The SMILES string of the molecule is CCCc1nc(C)c(C(=O)N2C[C@H](OC)C[C@H]2c2ncc(-c3cccnc3)[nH]2)s1. The highest BCUT2D eigenvalue weighted by Crippen LogP contribution is 2.35. The maximum Gasteiger partial charge on any atom is 0.266 e. The Hall–Kier alpha value is -2.58. The fourth-order valence-electron chi connectivity index (χ4n) is 3.73. The van der Waals surface area contributed by atoms with Crippen molar-refractivity contribution in [3.63, 3.8) is 0 Å². The number of nitrogens with zero attached hydrogens (tertiary/aromatic N) is 4. The number of imidazole rings is 1. The van der Waals surface area contributed by atoms with Crippen LogP contribution in [0.4, 0.5) is 0 Å². The summed E-state index contributed by atoms with van der Waals surface area (Å²) in [6.45, 7) is 4.58. The summed E-state index contributed by atoms with van der Waals surface area (Å²) in [5, 5.41) is 1.02. The molecule has 1 N–H and O–H groups in total. The lowest BCUT2D eigenvalue weighted by atomic mass is 10.2. The van der Waals surface area contributed by atoms with Gasteiger partial charge in [-0.05, 0) is 31.9 Å². The molecule has 7 nitrogen and oxygen atoms in total. The van der Waals surface area contributed by atoms with Crippen LogP contribution in [0.15, 0.2) is 30.7 Å². The number of carbonyl (C=O) groups is 1. The van der Waals surface area contributed by atoms with Gasteiger partial charge in [-0.3, -0.25) is 9.78 Å². The number of H-pyrrole nitrogens is 1. The number of amides is 1. The number of hydrogen-bond acceptors (Lipinski definition) is 6. The number of likely N-dealkylation sites (tertiary alicyclic amines) is 1. The molecule has 0 aromatic carbocycles. The molecule has 0 saturated carbocycles. The molecule has 2 atom stereocenters. The summed E-state index contributed by atoms with van der Waals surface area (Å²) < 4.78 is 5.59. The normalized spacial score (nSPS) is 19.1. The van der Waals surface area contributed by atoms with Gasteiger partial charge >= 0.3 is 0 Å². The zero-order chi connectivity index (χ0) is 20.4. The van der Waals surface area contributed by atoms with Gasteiger partial charge in [0.1, 0.15) is 10.7 Å². The number of ether oxygens (including phenoxy) is 1. The number of carbonyl (C=O) groups excluding carboxylic acids is 1. The zero-order valence-corrected chi connectivity index (χ0v) is 17.7. The lowest BCUT2D eigenvalue weighted by Gasteiger charge is -2.22. The van der Waals surface area contributed by atoms with Crippen LogP contribution in [0.2, 0.25) is 0 Å². The monoisotopic (exact) mass is 411 g/mol. The van der Waals surface area contributed by atoms with Crippen molar-refractivity contribution in [1.82, 2.24) is 24.8 Å².